The molecule has 1 aliphatic carbocycles. The van der Waals surface area contributed by atoms with Gasteiger partial charge >= 0.3 is 0 Å². The number of fused-ring (bicyclic) bond motifs is 1. The molecule has 0 radical (unpaired) electrons. The largest absolute Gasteiger partial charge is 0.312 e. The highest BCUT2D eigenvalue weighted by Gasteiger charge is 2.39. The van der Waals surface area contributed by atoms with Crippen LogP contribution in [0.25, 0.3) is 0 Å². The number of hydrogen-bond acceptors (Lipinski definition) is 2. The summed E-state index contributed by atoms with van der Waals surface area (Å²) in [7, 11) is 0. The molecule has 2 nitrogen and oxygen atoms in total. The van der Waals surface area contributed by atoms with E-state index in [2.05, 4.69) is 17.1 Å². The number of likely N-dealkylation sites (tertiary alicyclic amines) is 1. The number of rotatable bonds is 2. The summed E-state index contributed by atoms with van der Waals surface area (Å²) >= 11 is 0. The maximum Gasteiger partial charge on any atom is 0.0236 e. The van der Waals surface area contributed by atoms with E-state index in [0.717, 1.165) is 23.9 Å². The molecule has 3 aliphatic rings. The molecule has 2 aliphatic heterocycles. The van der Waals surface area contributed by atoms with Gasteiger partial charge in [0, 0.05) is 25.2 Å². The number of hydrogen-bond donors (Lipinski definition) is 1. The van der Waals surface area contributed by atoms with E-state index in [4.69, 9.17) is 0 Å². The van der Waals surface area contributed by atoms with Gasteiger partial charge in [-0.3, -0.25) is 4.90 Å². The second kappa shape index (κ2) is 4.66. The zero-order valence-corrected chi connectivity index (χ0v) is 10.6. The molecular weight excluding hydrogens is 196 g/mol. The predicted molar refractivity (Wildman–Crippen MR) is 67.5 cm³/mol. The van der Waals surface area contributed by atoms with Crippen molar-refractivity contribution in [1.82, 2.24) is 10.2 Å². The highest BCUT2D eigenvalue weighted by Crippen LogP contribution is 2.33. The molecule has 1 N–H and O–H groups in total. The smallest absolute Gasteiger partial charge is 0.0236 e. The van der Waals surface area contributed by atoms with Crippen molar-refractivity contribution >= 4 is 0 Å². The van der Waals surface area contributed by atoms with E-state index in [1.165, 1.54) is 58.2 Å². The second-order valence-corrected chi connectivity index (χ2v) is 6.15. The van der Waals surface area contributed by atoms with Gasteiger partial charge in [0.05, 0.1) is 0 Å². The molecule has 0 bridgehead atoms. The molecule has 0 spiro atoms. The molecule has 0 aromatic rings. The minimum absolute atomic E-state index is 0.837. The van der Waals surface area contributed by atoms with E-state index in [0.29, 0.717) is 0 Å². The summed E-state index contributed by atoms with van der Waals surface area (Å²) in [6.45, 7) is 6.35. The van der Waals surface area contributed by atoms with Crippen LogP contribution in [0.5, 0.6) is 0 Å². The lowest BCUT2D eigenvalue weighted by Crippen LogP contribution is -2.39. The monoisotopic (exact) mass is 222 g/mol. The molecule has 2 heterocycles. The van der Waals surface area contributed by atoms with Gasteiger partial charge in [0.15, 0.2) is 0 Å². The van der Waals surface area contributed by atoms with Crippen molar-refractivity contribution in [3.05, 3.63) is 0 Å². The van der Waals surface area contributed by atoms with Crippen LogP contribution < -0.4 is 5.32 Å². The summed E-state index contributed by atoms with van der Waals surface area (Å²) in [5.74, 6) is 2.01. The lowest BCUT2D eigenvalue weighted by atomic mass is 9.84. The van der Waals surface area contributed by atoms with E-state index in [1.807, 2.05) is 0 Å². The van der Waals surface area contributed by atoms with Crippen molar-refractivity contribution in [3.63, 3.8) is 0 Å². The summed E-state index contributed by atoms with van der Waals surface area (Å²) in [6, 6.07) is 1.76. The molecule has 2 heteroatoms. The van der Waals surface area contributed by atoms with Crippen LogP contribution in [0.2, 0.25) is 0 Å². The molecule has 2 saturated heterocycles. The Bertz CT molecular complexity index is 221. The summed E-state index contributed by atoms with van der Waals surface area (Å²) in [5, 5.41) is 3.67. The SMILES string of the molecule is CCC1CCC(N2C[C@@H]3CCN[C@@H]3C2)CC1. The summed E-state index contributed by atoms with van der Waals surface area (Å²) in [5.41, 5.74) is 0. The first-order valence-electron chi connectivity index (χ1n) is 7.34. The Hall–Kier alpha value is -0.0800. The third-order valence-corrected chi connectivity index (χ3v) is 5.30. The Morgan fingerprint density at radius 2 is 1.88 bits per heavy atom. The normalized spacial score (nSPS) is 44.8. The molecule has 92 valence electrons. The zero-order chi connectivity index (χ0) is 11.0. The average molecular weight is 222 g/mol. The van der Waals surface area contributed by atoms with Crippen LogP contribution in [0.3, 0.4) is 0 Å². The van der Waals surface area contributed by atoms with Crippen LogP contribution >= 0.6 is 0 Å². The number of nitrogens with one attached hydrogen (secondary N) is 1. The van der Waals surface area contributed by atoms with Crippen LogP contribution in [-0.2, 0) is 0 Å². The zero-order valence-electron chi connectivity index (χ0n) is 10.6. The van der Waals surface area contributed by atoms with E-state index in [-0.39, 0.29) is 0 Å². The maximum absolute atomic E-state index is 3.67. The quantitative estimate of drug-likeness (QED) is 0.771. The van der Waals surface area contributed by atoms with Crippen molar-refractivity contribution in [2.75, 3.05) is 19.6 Å². The fourth-order valence-electron chi connectivity index (χ4n) is 4.10. The first kappa shape index (κ1) is 11.0. The van der Waals surface area contributed by atoms with Crippen LogP contribution in [0.4, 0.5) is 0 Å². The first-order chi connectivity index (χ1) is 7.86. The van der Waals surface area contributed by atoms with Crippen molar-refractivity contribution in [2.45, 2.75) is 57.5 Å². The van der Waals surface area contributed by atoms with E-state index >= 15 is 0 Å². The highest BCUT2D eigenvalue weighted by molar-refractivity contribution is 4.96. The minimum atomic E-state index is 0.837. The molecule has 0 aromatic carbocycles. The van der Waals surface area contributed by atoms with Gasteiger partial charge in [-0.1, -0.05) is 13.3 Å². The third-order valence-electron chi connectivity index (χ3n) is 5.30. The van der Waals surface area contributed by atoms with E-state index in [1.54, 1.807) is 0 Å². The molecule has 2 atom stereocenters. The Kier molecular flexibility index (Phi) is 3.21. The van der Waals surface area contributed by atoms with Gasteiger partial charge in [-0.05, 0) is 50.5 Å². The van der Waals surface area contributed by atoms with Crippen LogP contribution in [0.1, 0.15) is 45.4 Å². The minimum Gasteiger partial charge on any atom is -0.312 e. The van der Waals surface area contributed by atoms with Crippen molar-refractivity contribution < 1.29 is 0 Å². The first-order valence-corrected chi connectivity index (χ1v) is 7.34. The average Bonchev–Trinajstić information content (AvgIpc) is 2.89. The summed E-state index contributed by atoms with van der Waals surface area (Å²) in [4.78, 5) is 2.80. The molecule has 16 heavy (non-hydrogen) atoms. The lowest BCUT2D eigenvalue weighted by Gasteiger charge is -2.34. The van der Waals surface area contributed by atoms with Gasteiger partial charge in [-0.2, -0.15) is 0 Å². The van der Waals surface area contributed by atoms with Gasteiger partial charge in [-0.25, -0.2) is 0 Å². The molecular formula is C14H26N2. The topological polar surface area (TPSA) is 15.3 Å². The standard InChI is InChI=1S/C14H26N2/c1-2-11-3-5-13(6-4-11)16-9-12-7-8-15-14(12)10-16/h11-15H,2-10H2,1H3/t11?,12-,13?,14+/m0/s1. The Morgan fingerprint density at radius 3 is 2.56 bits per heavy atom. The predicted octanol–water partition coefficient (Wildman–Crippen LogP) is 2.25. The van der Waals surface area contributed by atoms with E-state index in [9.17, 15) is 0 Å². The van der Waals surface area contributed by atoms with Crippen molar-refractivity contribution in [2.24, 2.45) is 11.8 Å². The van der Waals surface area contributed by atoms with Crippen LogP contribution in [0.15, 0.2) is 0 Å². The summed E-state index contributed by atoms with van der Waals surface area (Å²) < 4.78 is 0. The number of nitrogens with zero attached hydrogens (tertiary/aromatic N) is 1. The maximum atomic E-state index is 3.67. The van der Waals surface area contributed by atoms with Crippen LogP contribution in [0, 0.1) is 11.8 Å². The highest BCUT2D eigenvalue weighted by atomic mass is 15.2. The summed E-state index contributed by atoms with van der Waals surface area (Å²) in [6.07, 6.45) is 8.74. The Balaban J connectivity index is 1.52. The van der Waals surface area contributed by atoms with Gasteiger partial charge in [-0.15, -0.1) is 0 Å². The van der Waals surface area contributed by atoms with Crippen molar-refractivity contribution in [1.29, 1.82) is 0 Å². The fraction of sp³-hybridized carbons (Fsp3) is 1.00. The van der Waals surface area contributed by atoms with Gasteiger partial charge in [0.2, 0.25) is 0 Å². The Morgan fingerprint density at radius 1 is 1.06 bits per heavy atom. The molecule has 3 fully saturated rings. The molecule has 1 saturated carbocycles. The third kappa shape index (κ3) is 2.02. The van der Waals surface area contributed by atoms with Gasteiger partial charge in [0.25, 0.3) is 0 Å². The van der Waals surface area contributed by atoms with Crippen molar-refractivity contribution in [3.8, 4) is 0 Å². The second-order valence-electron chi connectivity index (χ2n) is 6.15. The molecule has 3 rings (SSSR count). The van der Waals surface area contributed by atoms with Gasteiger partial charge in [0.1, 0.15) is 0 Å². The molecule has 0 unspecified atom stereocenters. The van der Waals surface area contributed by atoms with Gasteiger partial charge < -0.3 is 5.32 Å². The molecule has 0 aromatic heterocycles. The lowest BCUT2D eigenvalue weighted by molar-refractivity contribution is 0.154. The Labute approximate surface area is 99.8 Å². The van der Waals surface area contributed by atoms with E-state index < -0.39 is 0 Å². The van der Waals surface area contributed by atoms with Crippen LogP contribution in [-0.4, -0.2) is 36.6 Å². The molecule has 0 amide bonds. The fourth-order valence-corrected chi connectivity index (χ4v) is 4.10.